The molecule has 0 fully saturated rings. The Kier molecular flexibility index (Phi) is 4.81. The molecule has 0 amide bonds. The third-order valence-corrected chi connectivity index (χ3v) is 5.17. The molecule has 0 bridgehead atoms. The van der Waals surface area contributed by atoms with Crippen molar-refractivity contribution >= 4 is 32.7 Å². The highest BCUT2D eigenvalue weighted by Crippen LogP contribution is 2.40. The maximum atomic E-state index is 5.90. The van der Waals surface area contributed by atoms with E-state index in [0.717, 1.165) is 64.1 Å². The predicted octanol–water partition coefficient (Wildman–Crippen LogP) is 5.45. The zero-order chi connectivity index (χ0) is 18.1. The molecule has 0 saturated carbocycles. The smallest absolute Gasteiger partial charge is 0.137 e. The number of nitrogens with one attached hydrogen (secondary N) is 1. The molecule has 1 aliphatic rings. The van der Waals surface area contributed by atoms with Crippen molar-refractivity contribution in [2.24, 2.45) is 5.92 Å². The summed E-state index contributed by atoms with van der Waals surface area (Å²) in [5, 5.41) is 4.51. The van der Waals surface area contributed by atoms with Crippen LogP contribution in [0.15, 0.2) is 41.1 Å². The molecule has 0 aliphatic carbocycles. The van der Waals surface area contributed by atoms with Crippen LogP contribution in [0.3, 0.4) is 0 Å². The lowest BCUT2D eigenvalue weighted by atomic mass is 9.99. The van der Waals surface area contributed by atoms with Crippen molar-refractivity contribution in [3.05, 3.63) is 46.7 Å². The highest BCUT2D eigenvalue weighted by Gasteiger charge is 2.19. The van der Waals surface area contributed by atoms with Gasteiger partial charge in [-0.2, -0.15) is 0 Å². The topological polar surface area (TPSA) is 47.0 Å². The number of benzene rings is 2. The molecule has 1 aromatic heterocycles. The first-order chi connectivity index (χ1) is 12.6. The molecule has 3 aromatic rings. The number of hydrogen-bond acceptors (Lipinski definition) is 4. The van der Waals surface area contributed by atoms with E-state index in [9.17, 15) is 0 Å². The number of rotatable bonds is 5. The summed E-state index contributed by atoms with van der Waals surface area (Å²) >= 11 is 3.63. The summed E-state index contributed by atoms with van der Waals surface area (Å²) < 4.78 is 6.98. The van der Waals surface area contributed by atoms with Gasteiger partial charge in [0.1, 0.15) is 17.9 Å². The lowest BCUT2D eigenvalue weighted by Gasteiger charge is -2.13. The number of nitrogens with zero attached hydrogens (tertiary/aromatic N) is 2. The first-order valence-corrected chi connectivity index (χ1v) is 9.85. The van der Waals surface area contributed by atoms with Crippen LogP contribution in [0.1, 0.15) is 25.8 Å². The van der Waals surface area contributed by atoms with Gasteiger partial charge in [0.25, 0.3) is 0 Å². The van der Waals surface area contributed by atoms with E-state index in [1.807, 2.05) is 0 Å². The standard InChI is InChI=1S/C21H22BrN3O/c1-13(2)5-7-23-21-18-10-14(3-4-19(18)24-12-25-21)17-11-16(22)9-15-6-8-26-20(15)17/h3-4,9-13H,5-8H2,1-2H3,(H,23,24,25). The zero-order valence-corrected chi connectivity index (χ0v) is 16.6. The summed E-state index contributed by atoms with van der Waals surface area (Å²) in [6, 6.07) is 10.6. The average molecular weight is 412 g/mol. The Morgan fingerprint density at radius 3 is 2.92 bits per heavy atom. The van der Waals surface area contributed by atoms with Crippen molar-refractivity contribution < 1.29 is 4.74 Å². The largest absolute Gasteiger partial charge is 0.492 e. The summed E-state index contributed by atoms with van der Waals surface area (Å²) in [5.74, 6) is 2.55. The van der Waals surface area contributed by atoms with Crippen molar-refractivity contribution in [1.82, 2.24) is 9.97 Å². The second-order valence-corrected chi connectivity index (χ2v) is 8.02. The van der Waals surface area contributed by atoms with Crippen LogP contribution in [-0.4, -0.2) is 23.1 Å². The van der Waals surface area contributed by atoms with Gasteiger partial charge in [0, 0.05) is 28.4 Å². The quantitative estimate of drug-likeness (QED) is 0.605. The molecule has 0 atom stereocenters. The first kappa shape index (κ1) is 17.3. The third kappa shape index (κ3) is 3.40. The van der Waals surface area contributed by atoms with Crippen LogP contribution in [0.2, 0.25) is 0 Å². The number of hydrogen-bond donors (Lipinski definition) is 1. The van der Waals surface area contributed by atoms with Crippen LogP contribution >= 0.6 is 15.9 Å². The van der Waals surface area contributed by atoms with E-state index in [4.69, 9.17) is 4.74 Å². The maximum absolute atomic E-state index is 5.90. The minimum Gasteiger partial charge on any atom is -0.492 e. The van der Waals surface area contributed by atoms with E-state index < -0.39 is 0 Å². The summed E-state index contributed by atoms with van der Waals surface area (Å²) in [7, 11) is 0. The highest BCUT2D eigenvalue weighted by atomic mass is 79.9. The Morgan fingerprint density at radius 2 is 2.08 bits per heavy atom. The van der Waals surface area contributed by atoms with Crippen LogP contribution in [0.5, 0.6) is 5.75 Å². The molecule has 4 nitrogen and oxygen atoms in total. The first-order valence-electron chi connectivity index (χ1n) is 9.06. The summed E-state index contributed by atoms with van der Waals surface area (Å²) in [4.78, 5) is 8.88. The molecule has 1 aliphatic heterocycles. The van der Waals surface area contributed by atoms with E-state index in [0.29, 0.717) is 5.92 Å². The number of halogens is 1. The maximum Gasteiger partial charge on any atom is 0.137 e. The summed E-state index contributed by atoms with van der Waals surface area (Å²) in [6.07, 6.45) is 3.69. The fraction of sp³-hybridized carbons (Fsp3) is 0.333. The van der Waals surface area contributed by atoms with Gasteiger partial charge in [-0.25, -0.2) is 9.97 Å². The Balaban J connectivity index is 1.76. The van der Waals surface area contributed by atoms with Gasteiger partial charge in [-0.15, -0.1) is 0 Å². The Morgan fingerprint density at radius 1 is 1.19 bits per heavy atom. The second-order valence-electron chi connectivity index (χ2n) is 7.10. The van der Waals surface area contributed by atoms with Gasteiger partial charge in [0.2, 0.25) is 0 Å². The van der Waals surface area contributed by atoms with Crippen LogP contribution in [0.4, 0.5) is 5.82 Å². The van der Waals surface area contributed by atoms with E-state index in [1.165, 1.54) is 5.56 Å². The molecular weight excluding hydrogens is 390 g/mol. The molecular formula is C21H22BrN3O. The Bertz CT molecular complexity index is 955. The molecule has 0 saturated heterocycles. The van der Waals surface area contributed by atoms with E-state index in [2.05, 4.69) is 75.4 Å². The van der Waals surface area contributed by atoms with Crippen LogP contribution in [0, 0.1) is 5.92 Å². The van der Waals surface area contributed by atoms with Crippen molar-refractivity contribution in [1.29, 1.82) is 0 Å². The molecule has 2 heterocycles. The Labute approximate surface area is 162 Å². The van der Waals surface area contributed by atoms with Gasteiger partial charge in [-0.1, -0.05) is 35.8 Å². The molecule has 4 rings (SSSR count). The molecule has 0 unspecified atom stereocenters. The van der Waals surface area contributed by atoms with Crippen LogP contribution < -0.4 is 10.1 Å². The van der Waals surface area contributed by atoms with Crippen molar-refractivity contribution in [3.8, 4) is 16.9 Å². The summed E-state index contributed by atoms with van der Waals surface area (Å²) in [6.45, 7) is 6.11. The molecule has 1 N–H and O–H groups in total. The summed E-state index contributed by atoms with van der Waals surface area (Å²) in [5.41, 5.74) is 4.45. The molecule has 0 spiro atoms. The van der Waals surface area contributed by atoms with E-state index in [1.54, 1.807) is 6.33 Å². The van der Waals surface area contributed by atoms with Crippen molar-refractivity contribution in [2.75, 3.05) is 18.5 Å². The lowest BCUT2D eigenvalue weighted by Crippen LogP contribution is -2.06. The third-order valence-electron chi connectivity index (χ3n) is 4.71. The van der Waals surface area contributed by atoms with Gasteiger partial charge in [0.15, 0.2) is 0 Å². The minimum atomic E-state index is 0.660. The molecule has 26 heavy (non-hydrogen) atoms. The monoisotopic (exact) mass is 411 g/mol. The van der Waals surface area contributed by atoms with Gasteiger partial charge in [-0.3, -0.25) is 0 Å². The van der Waals surface area contributed by atoms with Gasteiger partial charge in [-0.05, 0) is 47.7 Å². The zero-order valence-electron chi connectivity index (χ0n) is 15.1. The SMILES string of the molecule is CC(C)CCNc1ncnc2ccc(-c3cc(Br)cc4c3OCC4)cc12. The van der Waals surface area contributed by atoms with Crippen LogP contribution in [0.25, 0.3) is 22.0 Å². The van der Waals surface area contributed by atoms with Gasteiger partial charge < -0.3 is 10.1 Å². The highest BCUT2D eigenvalue weighted by molar-refractivity contribution is 9.10. The average Bonchev–Trinajstić information content (AvgIpc) is 3.09. The van der Waals surface area contributed by atoms with Crippen molar-refractivity contribution in [3.63, 3.8) is 0 Å². The normalized spacial score (nSPS) is 13.1. The number of aromatic nitrogens is 2. The molecule has 0 radical (unpaired) electrons. The minimum absolute atomic E-state index is 0.660. The van der Waals surface area contributed by atoms with Crippen LogP contribution in [-0.2, 0) is 6.42 Å². The Hall–Kier alpha value is -2.14. The number of anilines is 1. The molecule has 5 heteroatoms. The van der Waals surface area contributed by atoms with Gasteiger partial charge in [0.05, 0.1) is 12.1 Å². The van der Waals surface area contributed by atoms with E-state index in [-0.39, 0.29) is 0 Å². The fourth-order valence-electron chi connectivity index (χ4n) is 3.33. The number of ether oxygens (including phenoxy) is 1. The fourth-order valence-corrected chi connectivity index (χ4v) is 3.83. The molecule has 2 aromatic carbocycles. The second kappa shape index (κ2) is 7.23. The lowest BCUT2D eigenvalue weighted by molar-refractivity contribution is 0.358. The molecule has 134 valence electrons. The van der Waals surface area contributed by atoms with E-state index >= 15 is 0 Å². The number of fused-ring (bicyclic) bond motifs is 2. The van der Waals surface area contributed by atoms with Gasteiger partial charge >= 0.3 is 0 Å². The predicted molar refractivity (Wildman–Crippen MR) is 110 cm³/mol. The van der Waals surface area contributed by atoms with Crippen molar-refractivity contribution in [2.45, 2.75) is 26.7 Å².